The van der Waals surface area contributed by atoms with E-state index in [2.05, 4.69) is 5.32 Å². The molecule has 0 aromatic heterocycles. The van der Waals surface area contributed by atoms with Gasteiger partial charge < -0.3 is 18.6 Å². The molecule has 0 aliphatic rings. The minimum atomic E-state index is -3.46. The van der Waals surface area contributed by atoms with Crippen LogP contribution in [-0.2, 0) is 13.3 Å². The van der Waals surface area contributed by atoms with Crippen LogP contribution in [0.2, 0.25) is 0 Å². The highest BCUT2D eigenvalue weighted by Gasteiger charge is 2.43. The Balaban J connectivity index is 3.15. The maximum absolute atomic E-state index is 13.7. The quantitative estimate of drug-likeness (QED) is 0.326. The molecule has 24 heavy (non-hydrogen) atoms. The van der Waals surface area contributed by atoms with Crippen LogP contribution in [0.5, 0.6) is 0 Å². The molecule has 0 atom stereocenters. The van der Waals surface area contributed by atoms with Gasteiger partial charge in [0.2, 0.25) is 5.82 Å². The topological polar surface area (TPSA) is 39.7 Å². The van der Waals surface area contributed by atoms with E-state index < -0.39 is 43.6 Å². The van der Waals surface area contributed by atoms with Crippen molar-refractivity contribution < 1.29 is 35.2 Å². The minimum Gasteiger partial charge on any atom is -0.376 e. The minimum absolute atomic E-state index is 0.339. The van der Waals surface area contributed by atoms with E-state index in [0.717, 1.165) is 0 Å². The highest BCUT2D eigenvalue weighted by molar-refractivity contribution is 6.61. The van der Waals surface area contributed by atoms with Gasteiger partial charge in [-0.05, 0) is 27.7 Å². The van der Waals surface area contributed by atoms with Crippen LogP contribution < -0.4 is 5.32 Å². The van der Waals surface area contributed by atoms with Gasteiger partial charge in [0.1, 0.15) is 5.69 Å². The third-order valence-corrected chi connectivity index (χ3v) is 5.73. The molecule has 4 nitrogen and oxygen atoms in total. The van der Waals surface area contributed by atoms with Gasteiger partial charge in [0, 0.05) is 19.3 Å². The van der Waals surface area contributed by atoms with E-state index in [1.165, 1.54) is 7.11 Å². The molecule has 0 saturated carbocycles. The number of hydrogen-bond acceptors (Lipinski definition) is 4. The van der Waals surface area contributed by atoms with Crippen molar-refractivity contribution in [1.82, 2.24) is 0 Å². The molecule has 0 fully saturated rings. The van der Waals surface area contributed by atoms with Crippen molar-refractivity contribution in [2.24, 2.45) is 0 Å². The summed E-state index contributed by atoms with van der Waals surface area (Å²) in [7, 11) is -2.17. The number of hydrogen-bond donors (Lipinski definition) is 1. The summed E-state index contributed by atoms with van der Waals surface area (Å²) in [5, 5.41) is 2.18. The Morgan fingerprint density at radius 2 is 1.17 bits per heavy atom. The molecule has 10 heteroatoms. The highest BCUT2D eigenvalue weighted by atomic mass is 28.4. The molecule has 0 aliphatic heterocycles. The second kappa shape index (κ2) is 8.23. The molecule has 0 aliphatic carbocycles. The van der Waals surface area contributed by atoms with Crippen LogP contribution in [0.15, 0.2) is 0 Å². The zero-order valence-electron chi connectivity index (χ0n) is 14.0. The van der Waals surface area contributed by atoms with Crippen molar-refractivity contribution in [3.05, 3.63) is 29.1 Å². The molecule has 0 amide bonds. The lowest BCUT2D eigenvalue weighted by Gasteiger charge is -2.32. The average Bonchev–Trinajstić information content (AvgIpc) is 2.49. The summed E-state index contributed by atoms with van der Waals surface area (Å²) in [6, 6.07) is 0. The molecule has 1 aromatic carbocycles. The van der Waals surface area contributed by atoms with E-state index in [1.807, 2.05) is 0 Å². The fraction of sp³-hybridized carbons (Fsp3) is 0.571. The summed E-state index contributed by atoms with van der Waals surface area (Å²) in [6.07, 6.45) is -1.06. The van der Waals surface area contributed by atoms with Crippen molar-refractivity contribution >= 4 is 14.5 Å². The molecule has 0 unspecified atom stereocenters. The number of nitrogens with one attached hydrogen (secondary N) is 1. The summed E-state index contributed by atoms with van der Waals surface area (Å²) in [5.41, 5.74) is -1.15. The summed E-state index contributed by atoms with van der Waals surface area (Å²) >= 11 is 0. The lowest BCUT2D eigenvalue weighted by Crippen LogP contribution is -2.54. The molecule has 0 radical (unpaired) electrons. The first-order chi connectivity index (χ1) is 11.0. The van der Waals surface area contributed by atoms with E-state index in [1.54, 1.807) is 27.7 Å². The SMILES string of the molecule is CO[Si](CNc1c(F)c(F)c(F)c(F)c1F)(OC(C)C)OC(C)C. The fourth-order valence-corrected chi connectivity index (χ4v) is 4.34. The van der Waals surface area contributed by atoms with Gasteiger partial charge in [-0.2, -0.15) is 0 Å². The van der Waals surface area contributed by atoms with Crippen LogP contribution >= 0.6 is 0 Å². The molecule has 1 N–H and O–H groups in total. The van der Waals surface area contributed by atoms with E-state index in [9.17, 15) is 22.0 Å². The number of anilines is 1. The Morgan fingerprint density at radius 1 is 0.792 bits per heavy atom. The molecule has 0 saturated heterocycles. The molecule has 0 bridgehead atoms. The summed E-state index contributed by atoms with van der Waals surface area (Å²) in [5.74, 6) is -10.2. The zero-order chi connectivity index (χ0) is 18.7. The van der Waals surface area contributed by atoms with Crippen molar-refractivity contribution in [3.8, 4) is 0 Å². The van der Waals surface area contributed by atoms with Gasteiger partial charge in [-0.1, -0.05) is 0 Å². The third kappa shape index (κ3) is 4.65. The second-order valence-corrected chi connectivity index (χ2v) is 8.12. The van der Waals surface area contributed by atoms with Gasteiger partial charge in [0.15, 0.2) is 23.3 Å². The van der Waals surface area contributed by atoms with E-state index in [0.29, 0.717) is 0 Å². The van der Waals surface area contributed by atoms with Crippen LogP contribution in [-0.4, -0.2) is 34.3 Å². The van der Waals surface area contributed by atoms with Gasteiger partial charge in [0.25, 0.3) is 0 Å². The van der Waals surface area contributed by atoms with Gasteiger partial charge in [-0.3, -0.25) is 0 Å². The van der Waals surface area contributed by atoms with Gasteiger partial charge in [0.05, 0.1) is 6.17 Å². The highest BCUT2D eigenvalue weighted by Crippen LogP contribution is 2.28. The summed E-state index contributed by atoms with van der Waals surface area (Å²) in [6.45, 7) is 6.79. The maximum atomic E-state index is 13.7. The Morgan fingerprint density at radius 3 is 1.50 bits per heavy atom. The summed E-state index contributed by atoms with van der Waals surface area (Å²) < 4.78 is 83.5. The first-order valence-corrected chi connectivity index (χ1v) is 9.14. The van der Waals surface area contributed by atoms with Crippen molar-refractivity contribution in [2.45, 2.75) is 39.9 Å². The lowest BCUT2D eigenvalue weighted by atomic mass is 10.2. The van der Waals surface area contributed by atoms with E-state index >= 15 is 0 Å². The molecule has 0 heterocycles. The summed E-state index contributed by atoms with van der Waals surface area (Å²) in [4.78, 5) is 0. The van der Waals surface area contributed by atoms with Gasteiger partial charge >= 0.3 is 8.80 Å². The molecule has 0 spiro atoms. The number of benzene rings is 1. The Labute approximate surface area is 138 Å². The molecular weight excluding hydrogens is 353 g/mol. The standard InChI is InChI=1S/C14H20F5NO3Si/c1-7(2)22-24(21-5,23-8(3)4)6-20-14-12(18)10(16)9(15)11(17)13(14)19/h7-8,20H,6H2,1-5H3. The Kier molecular flexibility index (Phi) is 7.14. The molecule has 138 valence electrons. The smallest absolute Gasteiger partial charge is 0.376 e. The Hall–Kier alpha value is -1.23. The van der Waals surface area contributed by atoms with Crippen molar-refractivity contribution in [1.29, 1.82) is 0 Å². The normalized spacial score (nSPS) is 12.3. The van der Waals surface area contributed by atoms with Crippen LogP contribution in [0.4, 0.5) is 27.6 Å². The van der Waals surface area contributed by atoms with Crippen LogP contribution in [0.1, 0.15) is 27.7 Å². The molecule has 1 aromatic rings. The average molecular weight is 373 g/mol. The molecular formula is C14H20F5NO3Si. The van der Waals surface area contributed by atoms with Crippen molar-refractivity contribution in [2.75, 3.05) is 18.6 Å². The molecule has 1 rings (SSSR count). The largest absolute Gasteiger partial charge is 0.521 e. The predicted octanol–water partition coefficient (Wildman–Crippen LogP) is 3.77. The van der Waals surface area contributed by atoms with Crippen LogP contribution in [0.3, 0.4) is 0 Å². The monoisotopic (exact) mass is 373 g/mol. The predicted molar refractivity (Wildman–Crippen MR) is 79.9 cm³/mol. The van der Waals surface area contributed by atoms with Crippen LogP contribution in [0.25, 0.3) is 0 Å². The number of halogens is 5. The first kappa shape index (κ1) is 20.8. The van der Waals surface area contributed by atoms with Crippen molar-refractivity contribution in [3.63, 3.8) is 0 Å². The van der Waals surface area contributed by atoms with Gasteiger partial charge in [-0.25, -0.2) is 22.0 Å². The number of rotatable bonds is 8. The van der Waals surface area contributed by atoms with Crippen LogP contribution in [0, 0.1) is 29.1 Å². The Bertz CT molecular complexity index is 547. The van der Waals surface area contributed by atoms with E-state index in [4.69, 9.17) is 13.3 Å². The lowest BCUT2D eigenvalue weighted by molar-refractivity contribution is 0.0351. The third-order valence-electron chi connectivity index (χ3n) is 2.83. The van der Waals surface area contributed by atoms with E-state index in [-0.39, 0.29) is 18.4 Å². The first-order valence-electron chi connectivity index (χ1n) is 7.20. The zero-order valence-corrected chi connectivity index (χ0v) is 15.0. The fourth-order valence-electron chi connectivity index (χ4n) is 1.95. The second-order valence-electron chi connectivity index (χ2n) is 5.52. The maximum Gasteiger partial charge on any atom is 0.521 e. The van der Waals surface area contributed by atoms with Gasteiger partial charge in [-0.15, -0.1) is 0 Å².